The number of nitrogens with one attached hydrogen (secondary N) is 2. The van der Waals surface area contributed by atoms with E-state index in [1.165, 1.54) is 4.90 Å². The van der Waals surface area contributed by atoms with Crippen molar-refractivity contribution in [3.8, 4) is 0 Å². The fourth-order valence-corrected chi connectivity index (χ4v) is 3.23. The van der Waals surface area contributed by atoms with E-state index in [1.54, 1.807) is 18.2 Å². The van der Waals surface area contributed by atoms with Gasteiger partial charge in [-0.15, -0.1) is 0 Å². The normalized spacial score (nSPS) is 15.1. The number of anilines is 1. The Morgan fingerprint density at radius 1 is 1.00 bits per heavy atom. The number of rotatable bonds is 5. The Bertz CT molecular complexity index is 868. The Morgan fingerprint density at radius 3 is 2.21 bits per heavy atom. The van der Waals surface area contributed by atoms with Gasteiger partial charge in [0.25, 0.3) is 11.8 Å². The number of hydrogen-bond acceptors (Lipinski definition) is 3. The van der Waals surface area contributed by atoms with Crippen LogP contribution in [0.1, 0.15) is 15.9 Å². The summed E-state index contributed by atoms with van der Waals surface area (Å²) in [7, 11) is 6.09. The van der Waals surface area contributed by atoms with Gasteiger partial charge in [0.2, 0.25) is 0 Å². The molecular formula is C23H29N4O2+. The maximum absolute atomic E-state index is 13.2. The maximum Gasteiger partial charge on any atom is 0.270 e. The average Bonchev–Trinajstić information content (AvgIpc) is 2.74. The molecule has 6 nitrogen and oxygen atoms in total. The summed E-state index contributed by atoms with van der Waals surface area (Å²) in [5.74, 6) is -0.423. The SMILES string of the molecule is CN(C)c1ccc(/C=C(\NC(=O)c2ccccc2)C(=O)N2CC[NH+](C)CC2)cc1. The van der Waals surface area contributed by atoms with Crippen LogP contribution in [0.2, 0.25) is 0 Å². The van der Waals surface area contributed by atoms with E-state index in [1.807, 2.05) is 66.4 Å². The van der Waals surface area contributed by atoms with E-state index in [-0.39, 0.29) is 11.8 Å². The summed E-state index contributed by atoms with van der Waals surface area (Å²) in [6.45, 7) is 3.18. The summed E-state index contributed by atoms with van der Waals surface area (Å²) in [6, 6.07) is 16.8. The Kier molecular flexibility index (Phi) is 6.67. The lowest BCUT2D eigenvalue weighted by Gasteiger charge is -2.30. The molecule has 1 heterocycles. The van der Waals surface area contributed by atoms with Gasteiger partial charge in [-0.2, -0.15) is 0 Å². The molecule has 0 unspecified atom stereocenters. The second kappa shape index (κ2) is 9.39. The lowest BCUT2D eigenvalue weighted by Crippen LogP contribution is -3.12. The van der Waals surface area contributed by atoms with E-state index in [9.17, 15) is 9.59 Å². The minimum absolute atomic E-state index is 0.140. The molecule has 0 spiro atoms. The molecule has 0 atom stereocenters. The average molecular weight is 394 g/mol. The standard InChI is InChI=1S/C23H28N4O2/c1-25(2)20-11-9-18(10-12-20)17-21(23(29)27-15-13-26(3)14-16-27)24-22(28)19-7-5-4-6-8-19/h4-12,17H,13-16H2,1-3H3,(H,24,28)/p+1/b21-17-. The number of piperazine rings is 1. The van der Waals surface area contributed by atoms with E-state index in [0.29, 0.717) is 24.4 Å². The number of benzene rings is 2. The number of quaternary nitrogens is 1. The predicted molar refractivity (Wildman–Crippen MR) is 116 cm³/mol. The zero-order chi connectivity index (χ0) is 20.8. The summed E-state index contributed by atoms with van der Waals surface area (Å²) in [5, 5.41) is 2.84. The molecule has 1 saturated heterocycles. The first kappa shape index (κ1) is 20.6. The highest BCUT2D eigenvalue weighted by molar-refractivity contribution is 6.05. The minimum Gasteiger partial charge on any atom is -0.378 e. The second-order valence-corrected chi connectivity index (χ2v) is 7.61. The van der Waals surface area contributed by atoms with Crippen LogP contribution in [0, 0.1) is 0 Å². The first-order valence-corrected chi connectivity index (χ1v) is 9.90. The molecule has 6 heteroatoms. The van der Waals surface area contributed by atoms with Crippen molar-refractivity contribution in [3.63, 3.8) is 0 Å². The van der Waals surface area contributed by atoms with Crippen LogP contribution in [0.5, 0.6) is 0 Å². The maximum atomic E-state index is 13.2. The van der Waals surface area contributed by atoms with Gasteiger partial charge in [0.15, 0.2) is 0 Å². The van der Waals surface area contributed by atoms with Gasteiger partial charge in [-0.3, -0.25) is 9.59 Å². The van der Waals surface area contributed by atoms with Crippen molar-refractivity contribution in [2.45, 2.75) is 0 Å². The number of nitrogens with zero attached hydrogens (tertiary/aromatic N) is 2. The van der Waals surface area contributed by atoms with E-state index >= 15 is 0 Å². The van der Waals surface area contributed by atoms with Crippen LogP contribution in [0.25, 0.3) is 6.08 Å². The van der Waals surface area contributed by atoms with Crippen molar-refractivity contribution >= 4 is 23.6 Å². The lowest BCUT2D eigenvalue weighted by atomic mass is 10.1. The van der Waals surface area contributed by atoms with Gasteiger partial charge in [-0.1, -0.05) is 30.3 Å². The Labute approximate surface area is 172 Å². The van der Waals surface area contributed by atoms with Crippen molar-refractivity contribution in [1.29, 1.82) is 0 Å². The molecule has 0 radical (unpaired) electrons. The third-order valence-electron chi connectivity index (χ3n) is 5.14. The molecule has 29 heavy (non-hydrogen) atoms. The van der Waals surface area contributed by atoms with Gasteiger partial charge >= 0.3 is 0 Å². The van der Waals surface area contributed by atoms with E-state index in [0.717, 1.165) is 24.3 Å². The largest absolute Gasteiger partial charge is 0.378 e. The van der Waals surface area contributed by atoms with Crippen LogP contribution in [-0.2, 0) is 4.79 Å². The molecule has 1 aliphatic heterocycles. The van der Waals surface area contributed by atoms with Gasteiger partial charge < -0.3 is 20.0 Å². The molecule has 2 aromatic carbocycles. The number of carbonyl (C=O) groups excluding carboxylic acids is 2. The molecule has 2 N–H and O–H groups in total. The smallest absolute Gasteiger partial charge is 0.270 e. The van der Waals surface area contributed by atoms with Gasteiger partial charge in [-0.05, 0) is 35.9 Å². The van der Waals surface area contributed by atoms with Gasteiger partial charge in [0, 0.05) is 25.3 Å². The fraction of sp³-hybridized carbons (Fsp3) is 0.304. The van der Waals surface area contributed by atoms with Gasteiger partial charge in [-0.25, -0.2) is 0 Å². The van der Waals surface area contributed by atoms with Crippen LogP contribution >= 0.6 is 0 Å². The highest BCUT2D eigenvalue weighted by Crippen LogP contribution is 2.15. The Morgan fingerprint density at radius 2 is 1.62 bits per heavy atom. The third-order valence-corrected chi connectivity index (χ3v) is 5.14. The summed E-state index contributed by atoms with van der Waals surface area (Å²) in [5.41, 5.74) is 2.77. The second-order valence-electron chi connectivity index (χ2n) is 7.61. The third kappa shape index (κ3) is 5.45. The molecule has 2 amide bonds. The van der Waals surface area contributed by atoms with Crippen LogP contribution in [0.15, 0.2) is 60.3 Å². The Balaban J connectivity index is 1.86. The summed E-state index contributed by atoms with van der Waals surface area (Å²) in [4.78, 5) is 31.1. The molecular weight excluding hydrogens is 364 g/mol. The zero-order valence-corrected chi connectivity index (χ0v) is 17.3. The number of carbonyl (C=O) groups is 2. The molecule has 0 bridgehead atoms. The van der Waals surface area contributed by atoms with Crippen molar-refractivity contribution in [3.05, 3.63) is 71.4 Å². The van der Waals surface area contributed by atoms with Crippen LogP contribution in [0.3, 0.4) is 0 Å². The quantitative estimate of drug-likeness (QED) is 0.742. The monoisotopic (exact) mass is 393 g/mol. The fourth-order valence-electron chi connectivity index (χ4n) is 3.23. The molecule has 0 aromatic heterocycles. The van der Waals surface area contributed by atoms with Crippen LogP contribution in [0.4, 0.5) is 5.69 Å². The first-order valence-electron chi connectivity index (χ1n) is 9.90. The van der Waals surface area contributed by atoms with E-state index < -0.39 is 0 Å². The molecule has 152 valence electrons. The van der Waals surface area contributed by atoms with Crippen molar-refractivity contribution in [2.75, 3.05) is 52.2 Å². The summed E-state index contributed by atoms with van der Waals surface area (Å²) >= 11 is 0. The molecule has 0 saturated carbocycles. The summed E-state index contributed by atoms with van der Waals surface area (Å²) in [6.07, 6.45) is 1.76. The van der Waals surface area contributed by atoms with E-state index in [4.69, 9.17) is 0 Å². The zero-order valence-electron chi connectivity index (χ0n) is 17.3. The van der Waals surface area contributed by atoms with E-state index in [2.05, 4.69) is 12.4 Å². The van der Waals surface area contributed by atoms with Crippen molar-refractivity contribution < 1.29 is 14.5 Å². The highest BCUT2D eigenvalue weighted by Gasteiger charge is 2.25. The Hall–Kier alpha value is -3.12. The topological polar surface area (TPSA) is 57.1 Å². The molecule has 1 aliphatic rings. The number of hydrogen-bond donors (Lipinski definition) is 2. The molecule has 3 rings (SSSR count). The van der Waals surface area contributed by atoms with Gasteiger partial charge in [0.05, 0.1) is 33.2 Å². The molecule has 0 aliphatic carbocycles. The predicted octanol–water partition coefficient (Wildman–Crippen LogP) is 0.880. The first-order chi connectivity index (χ1) is 13.9. The van der Waals surface area contributed by atoms with Crippen LogP contribution < -0.4 is 15.1 Å². The van der Waals surface area contributed by atoms with Crippen molar-refractivity contribution in [1.82, 2.24) is 10.2 Å². The lowest BCUT2D eigenvalue weighted by molar-refractivity contribution is -0.883. The summed E-state index contributed by atoms with van der Waals surface area (Å²) < 4.78 is 0. The van der Waals surface area contributed by atoms with Gasteiger partial charge in [0.1, 0.15) is 5.70 Å². The molecule has 1 fully saturated rings. The van der Waals surface area contributed by atoms with Crippen LogP contribution in [-0.4, -0.2) is 64.0 Å². The highest BCUT2D eigenvalue weighted by atomic mass is 16.2. The minimum atomic E-state index is -0.283. The number of likely N-dealkylation sites (N-methyl/N-ethyl adjacent to an activating group) is 1. The van der Waals surface area contributed by atoms with Crippen molar-refractivity contribution in [2.24, 2.45) is 0 Å². The number of amides is 2. The molecule has 2 aromatic rings.